The van der Waals surface area contributed by atoms with Crippen molar-refractivity contribution in [3.63, 3.8) is 0 Å². The van der Waals surface area contributed by atoms with E-state index in [2.05, 4.69) is 15.1 Å². The highest BCUT2D eigenvalue weighted by Gasteiger charge is 2.35. The van der Waals surface area contributed by atoms with Crippen molar-refractivity contribution >= 4 is 39.2 Å². The minimum atomic E-state index is -0.193. The highest BCUT2D eigenvalue weighted by Crippen LogP contribution is 2.43. The molecular formula is C17H20N6O2S2. The first-order valence-corrected chi connectivity index (χ1v) is 10.3. The second-order valence-electron chi connectivity index (χ2n) is 6.11. The summed E-state index contributed by atoms with van der Waals surface area (Å²) in [6.45, 7) is 6.59. The molecule has 0 saturated carbocycles. The van der Waals surface area contributed by atoms with E-state index < -0.39 is 0 Å². The number of aromatic nitrogens is 2. The Kier molecular flexibility index (Phi) is 5.28. The number of guanidine groups is 1. The molecule has 4 rings (SSSR count). The van der Waals surface area contributed by atoms with Crippen LogP contribution in [0.1, 0.15) is 22.9 Å². The third kappa shape index (κ3) is 3.92. The standard InChI is InChI=1S/C17H20N6O2S2/c1-11-19-20-16(27-11)18-17(22-7-9-25-10-8-22)23-15(26-12(2)21-23)13-5-3-4-6-14(13)24/h3-6,15,24H,7-10H2,1-2H3/b18-17+. The Hall–Kier alpha value is -2.17. The highest BCUT2D eigenvalue weighted by molar-refractivity contribution is 8.14. The molecule has 2 aromatic rings. The van der Waals surface area contributed by atoms with Crippen molar-refractivity contribution < 1.29 is 9.84 Å². The van der Waals surface area contributed by atoms with Gasteiger partial charge >= 0.3 is 0 Å². The smallest absolute Gasteiger partial charge is 0.234 e. The van der Waals surface area contributed by atoms with Gasteiger partial charge in [0.15, 0.2) is 0 Å². The molecule has 10 heteroatoms. The van der Waals surface area contributed by atoms with Crippen LogP contribution in [0.4, 0.5) is 5.13 Å². The van der Waals surface area contributed by atoms with E-state index in [1.165, 1.54) is 11.3 Å². The molecule has 3 heterocycles. The van der Waals surface area contributed by atoms with Gasteiger partial charge in [-0.3, -0.25) is 0 Å². The van der Waals surface area contributed by atoms with Gasteiger partial charge < -0.3 is 14.7 Å². The molecule has 1 unspecified atom stereocenters. The third-order valence-corrected chi connectivity index (χ3v) is 6.00. The molecule has 8 nitrogen and oxygen atoms in total. The van der Waals surface area contributed by atoms with Crippen LogP contribution in [0, 0.1) is 6.92 Å². The van der Waals surface area contributed by atoms with Gasteiger partial charge in [0.2, 0.25) is 11.1 Å². The van der Waals surface area contributed by atoms with Crippen LogP contribution in [0.3, 0.4) is 0 Å². The van der Waals surface area contributed by atoms with Crippen molar-refractivity contribution in [2.75, 3.05) is 26.3 Å². The number of morpholine rings is 1. The first-order valence-electron chi connectivity index (χ1n) is 8.62. The van der Waals surface area contributed by atoms with E-state index in [-0.39, 0.29) is 11.1 Å². The molecule has 1 fully saturated rings. The van der Waals surface area contributed by atoms with Crippen LogP contribution in [0.25, 0.3) is 0 Å². The largest absolute Gasteiger partial charge is 0.508 e. The fraction of sp³-hybridized carbons (Fsp3) is 0.412. The summed E-state index contributed by atoms with van der Waals surface area (Å²) in [5, 5.41) is 27.4. The Morgan fingerprint density at radius 3 is 2.70 bits per heavy atom. The zero-order valence-electron chi connectivity index (χ0n) is 15.1. The lowest BCUT2D eigenvalue weighted by Crippen LogP contribution is -2.47. The summed E-state index contributed by atoms with van der Waals surface area (Å²) in [6, 6.07) is 7.35. The number of hydrazone groups is 1. The number of hydrogen-bond donors (Lipinski definition) is 1. The molecule has 1 N–H and O–H groups in total. The molecular weight excluding hydrogens is 384 g/mol. The van der Waals surface area contributed by atoms with Gasteiger partial charge in [0.1, 0.15) is 16.1 Å². The highest BCUT2D eigenvalue weighted by atomic mass is 32.2. The van der Waals surface area contributed by atoms with Crippen LogP contribution in [-0.4, -0.2) is 62.5 Å². The summed E-state index contributed by atoms with van der Waals surface area (Å²) in [5.74, 6) is 0.949. The molecule has 0 bridgehead atoms. The number of nitrogens with zero attached hydrogens (tertiary/aromatic N) is 6. The average Bonchev–Trinajstić information content (AvgIpc) is 3.26. The molecule has 0 spiro atoms. The molecule has 2 aliphatic heterocycles. The number of thioether (sulfide) groups is 1. The Morgan fingerprint density at radius 1 is 1.22 bits per heavy atom. The number of hydrogen-bond acceptors (Lipinski definition) is 8. The maximum Gasteiger partial charge on any atom is 0.234 e. The summed E-state index contributed by atoms with van der Waals surface area (Å²) in [4.78, 5) is 6.93. The van der Waals surface area contributed by atoms with Crippen molar-refractivity contribution in [1.82, 2.24) is 20.1 Å². The average molecular weight is 405 g/mol. The van der Waals surface area contributed by atoms with E-state index in [1.807, 2.05) is 37.1 Å². The SMILES string of the molecule is CC1=NN(/C(=N/c2nnc(C)s2)N2CCOCC2)C(c2ccccc2O)S1. The third-order valence-electron chi connectivity index (χ3n) is 4.17. The quantitative estimate of drug-likeness (QED) is 0.608. The number of phenolic OH excluding ortho intramolecular Hbond substituents is 1. The zero-order valence-corrected chi connectivity index (χ0v) is 16.7. The lowest BCUT2D eigenvalue weighted by atomic mass is 10.2. The van der Waals surface area contributed by atoms with E-state index in [0.29, 0.717) is 24.3 Å². The first kappa shape index (κ1) is 18.2. The number of rotatable bonds is 2. The molecule has 1 saturated heterocycles. The summed E-state index contributed by atoms with van der Waals surface area (Å²) in [7, 11) is 0. The fourth-order valence-electron chi connectivity index (χ4n) is 2.93. The summed E-state index contributed by atoms with van der Waals surface area (Å²) in [5.41, 5.74) is 0.803. The van der Waals surface area contributed by atoms with Gasteiger partial charge in [0, 0.05) is 18.7 Å². The van der Waals surface area contributed by atoms with Crippen LogP contribution in [0.2, 0.25) is 0 Å². The maximum absolute atomic E-state index is 10.4. The van der Waals surface area contributed by atoms with E-state index in [4.69, 9.17) is 14.8 Å². The van der Waals surface area contributed by atoms with Crippen LogP contribution >= 0.6 is 23.1 Å². The number of aromatic hydroxyl groups is 1. The number of phenols is 1. The molecule has 0 radical (unpaired) electrons. The number of para-hydroxylation sites is 1. The Morgan fingerprint density at radius 2 is 2.00 bits per heavy atom. The predicted octanol–water partition coefficient (Wildman–Crippen LogP) is 2.95. The van der Waals surface area contributed by atoms with Gasteiger partial charge in [0.25, 0.3) is 0 Å². The van der Waals surface area contributed by atoms with Gasteiger partial charge in [-0.1, -0.05) is 41.3 Å². The van der Waals surface area contributed by atoms with Gasteiger partial charge in [-0.15, -0.1) is 10.2 Å². The van der Waals surface area contributed by atoms with Crippen molar-refractivity contribution in [2.24, 2.45) is 10.1 Å². The Bertz CT molecular complexity index is 878. The van der Waals surface area contributed by atoms with Crippen molar-refractivity contribution in [3.05, 3.63) is 34.8 Å². The first-order chi connectivity index (χ1) is 13.1. The molecule has 0 amide bonds. The topological polar surface area (TPSA) is 86.4 Å². The monoisotopic (exact) mass is 404 g/mol. The van der Waals surface area contributed by atoms with Gasteiger partial charge in [0.05, 0.1) is 18.3 Å². The second-order valence-corrected chi connectivity index (χ2v) is 8.54. The van der Waals surface area contributed by atoms with Crippen molar-refractivity contribution in [1.29, 1.82) is 0 Å². The molecule has 2 aliphatic rings. The molecule has 1 aromatic heterocycles. The van der Waals surface area contributed by atoms with E-state index in [1.54, 1.807) is 17.8 Å². The van der Waals surface area contributed by atoms with Crippen LogP contribution in [0.15, 0.2) is 34.4 Å². The molecule has 1 atom stereocenters. The number of aliphatic imine (C=N–C) groups is 1. The lowest BCUT2D eigenvalue weighted by molar-refractivity contribution is 0.0620. The minimum Gasteiger partial charge on any atom is -0.508 e. The van der Waals surface area contributed by atoms with Crippen molar-refractivity contribution in [2.45, 2.75) is 19.2 Å². The number of benzene rings is 1. The zero-order chi connectivity index (χ0) is 18.8. The van der Waals surface area contributed by atoms with E-state index >= 15 is 0 Å². The second kappa shape index (κ2) is 7.83. The number of aryl methyl sites for hydroxylation is 1. The predicted molar refractivity (Wildman–Crippen MR) is 108 cm³/mol. The summed E-state index contributed by atoms with van der Waals surface area (Å²) < 4.78 is 5.50. The Labute approximate surface area is 165 Å². The fourth-order valence-corrected chi connectivity index (χ4v) is 4.51. The lowest BCUT2D eigenvalue weighted by Gasteiger charge is -2.34. The molecule has 142 valence electrons. The van der Waals surface area contributed by atoms with Crippen molar-refractivity contribution in [3.8, 4) is 5.75 Å². The van der Waals surface area contributed by atoms with Gasteiger partial charge in [-0.05, 0) is 19.9 Å². The normalized spacial score (nSPS) is 20.9. The summed E-state index contributed by atoms with van der Waals surface area (Å²) in [6.07, 6.45) is 0. The van der Waals surface area contributed by atoms with Crippen LogP contribution in [0.5, 0.6) is 5.75 Å². The minimum absolute atomic E-state index is 0.193. The van der Waals surface area contributed by atoms with Gasteiger partial charge in [-0.25, -0.2) is 5.01 Å². The van der Waals surface area contributed by atoms with Crippen LogP contribution < -0.4 is 0 Å². The molecule has 27 heavy (non-hydrogen) atoms. The maximum atomic E-state index is 10.4. The van der Waals surface area contributed by atoms with Gasteiger partial charge in [-0.2, -0.15) is 10.1 Å². The summed E-state index contributed by atoms with van der Waals surface area (Å²) >= 11 is 3.03. The molecule has 0 aliphatic carbocycles. The Balaban J connectivity index is 1.75. The molecule has 1 aromatic carbocycles. The van der Waals surface area contributed by atoms with Crippen LogP contribution in [-0.2, 0) is 4.74 Å². The number of ether oxygens (including phenoxy) is 1. The van der Waals surface area contributed by atoms with E-state index in [0.717, 1.165) is 28.7 Å². The van der Waals surface area contributed by atoms with E-state index in [9.17, 15) is 5.11 Å².